The van der Waals surface area contributed by atoms with Crippen LogP contribution in [0.3, 0.4) is 0 Å². The first kappa shape index (κ1) is 19.2. The Bertz CT molecular complexity index is 1180. The highest BCUT2D eigenvalue weighted by molar-refractivity contribution is 7.89. The van der Waals surface area contributed by atoms with Gasteiger partial charge in [0.15, 0.2) is 5.65 Å². The van der Waals surface area contributed by atoms with Crippen molar-refractivity contribution in [3.8, 4) is 0 Å². The molecule has 1 aromatic carbocycles. The van der Waals surface area contributed by atoms with E-state index in [1.807, 2.05) is 12.1 Å². The zero-order valence-electron chi connectivity index (χ0n) is 15.5. The number of sulfonamides is 1. The van der Waals surface area contributed by atoms with E-state index in [4.69, 9.17) is 11.6 Å². The molecule has 0 radical (unpaired) electrons. The summed E-state index contributed by atoms with van der Waals surface area (Å²) in [6, 6.07) is 10.3. The molecule has 148 valence electrons. The van der Waals surface area contributed by atoms with Crippen molar-refractivity contribution in [3.63, 3.8) is 0 Å². The van der Waals surface area contributed by atoms with Gasteiger partial charge in [-0.1, -0.05) is 30.7 Å². The van der Waals surface area contributed by atoms with Crippen LogP contribution in [0.25, 0.3) is 5.65 Å². The molecular formula is C19H21ClN4O3S. The predicted molar refractivity (Wildman–Crippen MR) is 107 cm³/mol. The van der Waals surface area contributed by atoms with E-state index in [9.17, 15) is 13.2 Å². The molecular weight excluding hydrogens is 400 g/mol. The molecule has 1 aliphatic rings. The van der Waals surface area contributed by atoms with Gasteiger partial charge >= 0.3 is 5.69 Å². The number of halogens is 1. The van der Waals surface area contributed by atoms with Gasteiger partial charge in [-0.3, -0.25) is 0 Å². The molecule has 4 rings (SSSR count). The van der Waals surface area contributed by atoms with Crippen molar-refractivity contribution >= 4 is 27.3 Å². The lowest BCUT2D eigenvalue weighted by molar-refractivity contribution is 0.288. The summed E-state index contributed by atoms with van der Waals surface area (Å²) in [6.45, 7) is 3.39. The van der Waals surface area contributed by atoms with E-state index >= 15 is 0 Å². The van der Waals surface area contributed by atoms with Crippen LogP contribution in [0.2, 0.25) is 5.02 Å². The summed E-state index contributed by atoms with van der Waals surface area (Å²) < 4.78 is 30.0. The fourth-order valence-electron chi connectivity index (χ4n) is 3.44. The Morgan fingerprint density at radius 1 is 1.18 bits per heavy atom. The lowest BCUT2D eigenvalue weighted by Gasteiger charge is -2.29. The summed E-state index contributed by atoms with van der Waals surface area (Å²) in [5, 5.41) is 4.88. The Kier molecular flexibility index (Phi) is 5.03. The second-order valence-electron chi connectivity index (χ2n) is 7.25. The minimum atomic E-state index is -3.63. The van der Waals surface area contributed by atoms with E-state index in [0.29, 0.717) is 29.7 Å². The molecule has 0 atom stereocenters. The normalized spacial score (nSPS) is 16.6. The average molecular weight is 421 g/mol. The van der Waals surface area contributed by atoms with Gasteiger partial charge in [-0.15, -0.1) is 5.10 Å². The maximum atomic E-state index is 13.0. The van der Waals surface area contributed by atoms with Gasteiger partial charge in [0, 0.05) is 24.3 Å². The molecule has 0 N–H and O–H groups in total. The SMILES string of the molecule is CC1CCN(S(=O)(=O)c2ccc3nn(Cc4cccc(Cl)c4)c(=O)n3c2)CC1. The predicted octanol–water partition coefficient (Wildman–Crippen LogP) is 2.62. The molecule has 0 bridgehead atoms. The first-order valence-corrected chi connectivity index (χ1v) is 11.0. The van der Waals surface area contributed by atoms with E-state index in [1.54, 1.807) is 18.2 Å². The molecule has 1 aliphatic heterocycles. The Morgan fingerprint density at radius 2 is 1.93 bits per heavy atom. The van der Waals surface area contributed by atoms with E-state index < -0.39 is 10.0 Å². The third-order valence-electron chi connectivity index (χ3n) is 5.15. The molecule has 3 aromatic rings. The van der Waals surface area contributed by atoms with Crippen molar-refractivity contribution in [2.75, 3.05) is 13.1 Å². The second kappa shape index (κ2) is 7.35. The highest BCUT2D eigenvalue weighted by Crippen LogP contribution is 2.23. The van der Waals surface area contributed by atoms with E-state index in [0.717, 1.165) is 18.4 Å². The third-order valence-corrected chi connectivity index (χ3v) is 7.27. The number of rotatable bonds is 4. The monoisotopic (exact) mass is 420 g/mol. The average Bonchev–Trinajstić information content (AvgIpc) is 2.97. The van der Waals surface area contributed by atoms with Crippen molar-refractivity contribution < 1.29 is 8.42 Å². The Hall–Kier alpha value is -2.16. The molecule has 0 amide bonds. The number of piperidine rings is 1. The van der Waals surface area contributed by atoms with Crippen LogP contribution in [-0.4, -0.2) is 40.0 Å². The maximum absolute atomic E-state index is 13.0. The van der Waals surface area contributed by atoms with Crippen LogP contribution in [0, 0.1) is 5.92 Å². The van der Waals surface area contributed by atoms with E-state index in [2.05, 4.69) is 12.0 Å². The molecule has 7 nitrogen and oxygen atoms in total. The van der Waals surface area contributed by atoms with Gasteiger partial charge in [0.2, 0.25) is 10.0 Å². The molecule has 2 aromatic heterocycles. The standard InChI is InChI=1S/C19H21ClN4O3S/c1-14-7-9-22(10-8-14)28(26,27)17-5-6-18-21-24(19(25)23(18)13-17)12-15-3-2-4-16(20)11-15/h2-6,11,13-14H,7-10,12H2,1H3. The Morgan fingerprint density at radius 3 is 2.64 bits per heavy atom. The first-order chi connectivity index (χ1) is 13.3. The summed E-state index contributed by atoms with van der Waals surface area (Å²) in [6.07, 6.45) is 3.06. The van der Waals surface area contributed by atoms with Crippen LogP contribution < -0.4 is 5.69 Å². The van der Waals surface area contributed by atoms with Gasteiger partial charge < -0.3 is 0 Å². The largest absolute Gasteiger partial charge is 0.350 e. The van der Waals surface area contributed by atoms with E-state index in [1.165, 1.54) is 25.7 Å². The number of benzene rings is 1. The Labute approximate surface area is 168 Å². The Balaban J connectivity index is 1.68. The molecule has 0 saturated carbocycles. The molecule has 3 heterocycles. The van der Waals surface area contributed by atoms with Crippen LogP contribution >= 0.6 is 11.6 Å². The fourth-order valence-corrected chi connectivity index (χ4v) is 5.12. The summed E-state index contributed by atoms with van der Waals surface area (Å²) >= 11 is 6.00. The summed E-state index contributed by atoms with van der Waals surface area (Å²) in [5.74, 6) is 0.529. The van der Waals surface area contributed by atoms with Gasteiger partial charge in [0.25, 0.3) is 0 Å². The molecule has 1 fully saturated rings. The number of hydrogen-bond donors (Lipinski definition) is 0. The minimum absolute atomic E-state index is 0.110. The molecule has 1 saturated heterocycles. The molecule has 28 heavy (non-hydrogen) atoms. The van der Waals surface area contributed by atoms with Crippen LogP contribution in [0.1, 0.15) is 25.3 Å². The molecule has 9 heteroatoms. The topological polar surface area (TPSA) is 76.7 Å². The van der Waals surface area contributed by atoms with Crippen LogP contribution in [0.4, 0.5) is 0 Å². The van der Waals surface area contributed by atoms with Crippen molar-refractivity contribution in [3.05, 3.63) is 63.7 Å². The lowest BCUT2D eigenvalue weighted by Crippen LogP contribution is -2.38. The minimum Gasteiger partial charge on any atom is -0.249 e. The van der Waals surface area contributed by atoms with Gasteiger partial charge in [-0.25, -0.2) is 22.3 Å². The van der Waals surface area contributed by atoms with Crippen LogP contribution in [0.15, 0.2) is 52.3 Å². The highest BCUT2D eigenvalue weighted by atomic mass is 35.5. The molecule has 0 aliphatic carbocycles. The van der Waals surface area contributed by atoms with Crippen LogP contribution in [-0.2, 0) is 16.6 Å². The van der Waals surface area contributed by atoms with Gasteiger partial charge in [-0.05, 0) is 48.6 Å². The van der Waals surface area contributed by atoms with Gasteiger partial charge in [0.1, 0.15) is 0 Å². The van der Waals surface area contributed by atoms with Crippen LogP contribution in [0.5, 0.6) is 0 Å². The zero-order chi connectivity index (χ0) is 19.9. The summed E-state index contributed by atoms with van der Waals surface area (Å²) in [7, 11) is -3.63. The highest BCUT2D eigenvalue weighted by Gasteiger charge is 2.28. The van der Waals surface area contributed by atoms with E-state index in [-0.39, 0.29) is 17.1 Å². The number of hydrogen-bond acceptors (Lipinski definition) is 4. The first-order valence-electron chi connectivity index (χ1n) is 9.18. The van der Waals surface area contributed by atoms with Gasteiger partial charge in [0.05, 0.1) is 11.4 Å². The van der Waals surface area contributed by atoms with Crippen molar-refractivity contribution in [2.24, 2.45) is 5.92 Å². The fraction of sp³-hybridized carbons (Fsp3) is 0.368. The number of aromatic nitrogens is 3. The lowest BCUT2D eigenvalue weighted by atomic mass is 10.0. The van der Waals surface area contributed by atoms with Gasteiger partial charge in [-0.2, -0.15) is 4.31 Å². The number of nitrogens with zero attached hydrogens (tertiary/aromatic N) is 4. The molecule has 0 spiro atoms. The quantitative estimate of drug-likeness (QED) is 0.650. The molecule has 0 unspecified atom stereocenters. The summed E-state index contributed by atoms with van der Waals surface area (Å²) in [4.78, 5) is 12.8. The van der Waals surface area contributed by atoms with Crippen molar-refractivity contribution in [1.29, 1.82) is 0 Å². The maximum Gasteiger partial charge on any atom is 0.350 e. The number of pyridine rings is 1. The third kappa shape index (κ3) is 3.59. The summed E-state index contributed by atoms with van der Waals surface area (Å²) in [5.41, 5.74) is 0.853. The van der Waals surface area contributed by atoms with Crippen molar-refractivity contribution in [2.45, 2.75) is 31.2 Å². The smallest absolute Gasteiger partial charge is 0.249 e. The number of fused-ring (bicyclic) bond motifs is 1. The second-order valence-corrected chi connectivity index (χ2v) is 9.62. The zero-order valence-corrected chi connectivity index (χ0v) is 17.0. The van der Waals surface area contributed by atoms with Crippen molar-refractivity contribution in [1.82, 2.24) is 18.5 Å².